The molecule has 1 atom stereocenters. The smallest absolute Gasteiger partial charge is 0.249 e. The largest absolute Gasteiger partial charge is 0.347 e. The van der Waals surface area contributed by atoms with Crippen molar-refractivity contribution >= 4 is 11.8 Å². The van der Waals surface area contributed by atoms with Crippen molar-refractivity contribution < 1.29 is 9.59 Å². The third-order valence-electron chi connectivity index (χ3n) is 2.17. The van der Waals surface area contributed by atoms with Gasteiger partial charge in [0, 0.05) is 21.0 Å². The van der Waals surface area contributed by atoms with E-state index in [4.69, 9.17) is 0 Å². The first-order chi connectivity index (χ1) is 7.52. The molecule has 0 aromatic heterocycles. The van der Waals surface area contributed by atoms with Gasteiger partial charge in [-0.3, -0.25) is 9.59 Å². The number of amides is 2. The lowest BCUT2D eigenvalue weighted by atomic mass is 10.1. The van der Waals surface area contributed by atoms with E-state index in [1.54, 1.807) is 14.1 Å². The van der Waals surface area contributed by atoms with Gasteiger partial charge in [-0.05, 0) is 5.56 Å². The molecule has 0 saturated carbocycles. The first kappa shape index (κ1) is 12.2. The maximum absolute atomic E-state index is 11.9. The molecule has 4 heteroatoms. The minimum atomic E-state index is -0.603. The summed E-state index contributed by atoms with van der Waals surface area (Å²) in [6.07, 6.45) is 0. The van der Waals surface area contributed by atoms with Crippen molar-refractivity contribution in [1.29, 1.82) is 0 Å². The van der Waals surface area contributed by atoms with Gasteiger partial charge in [0.25, 0.3) is 0 Å². The number of nitrogens with one attached hydrogen (secondary N) is 1. The molecule has 86 valence electrons. The zero-order valence-electron chi connectivity index (χ0n) is 9.73. The van der Waals surface area contributed by atoms with Crippen LogP contribution in [0, 0.1) is 0 Å². The van der Waals surface area contributed by atoms with Crippen LogP contribution in [0.5, 0.6) is 0 Å². The molecular weight excluding hydrogens is 204 g/mol. The van der Waals surface area contributed by atoms with Crippen LogP contribution in [0.3, 0.4) is 0 Å². The van der Waals surface area contributed by atoms with E-state index < -0.39 is 6.04 Å². The van der Waals surface area contributed by atoms with E-state index in [2.05, 4.69) is 5.32 Å². The van der Waals surface area contributed by atoms with E-state index >= 15 is 0 Å². The standard InChI is InChI=1S/C12H16N2O2/c1-9(15)13-11(12(16)14(2)3)10-7-5-4-6-8-10/h4-8,11H,1-3H3,(H,13,15)/t11-/m1/s1. The second-order valence-corrected chi connectivity index (χ2v) is 3.78. The molecule has 1 aromatic carbocycles. The van der Waals surface area contributed by atoms with Crippen LogP contribution in [0.25, 0.3) is 0 Å². The van der Waals surface area contributed by atoms with Crippen molar-refractivity contribution in [1.82, 2.24) is 10.2 Å². The summed E-state index contributed by atoms with van der Waals surface area (Å²) in [5.41, 5.74) is 0.788. The van der Waals surface area contributed by atoms with Crippen molar-refractivity contribution in [2.45, 2.75) is 13.0 Å². The van der Waals surface area contributed by atoms with Gasteiger partial charge in [-0.15, -0.1) is 0 Å². The lowest BCUT2D eigenvalue weighted by Crippen LogP contribution is -2.38. The van der Waals surface area contributed by atoms with Crippen LogP contribution in [-0.2, 0) is 9.59 Å². The monoisotopic (exact) mass is 220 g/mol. The maximum Gasteiger partial charge on any atom is 0.249 e. The summed E-state index contributed by atoms with van der Waals surface area (Å²) >= 11 is 0. The Kier molecular flexibility index (Phi) is 4.05. The second-order valence-electron chi connectivity index (χ2n) is 3.78. The molecule has 0 radical (unpaired) electrons. The van der Waals surface area contributed by atoms with E-state index in [1.165, 1.54) is 11.8 Å². The Morgan fingerprint density at radius 3 is 2.19 bits per heavy atom. The fraction of sp³-hybridized carbons (Fsp3) is 0.333. The molecule has 0 heterocycles. The molecule has 0 aliphatic rings. The van der Waals surface area contributed by atoms with Gasteiger partial charge in [0.1, 0.15) is 6.04 Å². The first-order valence-corrected chi connectivity index (χ1v) is 5.05. The van der Waals surface area contributed by atoms with Gasteiger partial charge >= 0.3 is 0 Å². The maximum atomic E-state index is 11.9. The predicted molar refractivity (Wildman–Crippen MR) is 61.7 cm³/mol. The van der Waals surface area contributed by atoms with Gasteiger partial charge in [-0.25, -0.2) is 0 Å². The summed E-state index contributed by atoms with van der Waals surface area (Å²) in [4.78, 5) is 24.4. The molecule has 0 unspecified atom stereocenters. The molecule has 1 N–H and O–H groups in total. The summed E-state index contributed by atoms with van der Waals surface area (Å²) in [6, 6.07) is 8.59. The van der Waals surface area contributed by atoms with Crippen LogP contribution in [0.4, 0.5) is 0 Å². The van der Waals surface area contributed by atoms with Crippen LogP contribution in [0.1, 0.15) is 18.5 Å². The fourth-order valence-electron chi connectivity index (χ4n) is 1.39. The molecule has 2 amide bonds. The number of rotatable bonds is 3. The molecule has 0 spiro atoms. The minimum Gasteiger partial charge on any atom is -0.347 e. The number of benzene rings is 1. The van der Waals surface area contributed by atoms with E-state index in [0.717, 1.165) is 5.56 Å². The molecule has 16 heavy (non-hydrogen) atoms. The Hall–Kier alpha value is -1.84. The molecule has 0 aliphatic carbocycles. The minimum absolute atomic E-state index is 0.138. The first-order valence-electron chi connectivity index (χ1n) is 5.05. The normalized spacial score (nSPS) is 11.7. The second kappa shape index (κ2) is 5.30. The van der Waals surface area contributed by atoms with E-state index in [-0.39, 0.29) is 11.8 Å². The Balaban J connectivity index is 2.96. The third kappa shape index (κ3) is 3.08. The van der Waals surface area contributed by atoms with Gasteiger partial charge < -0.3 is 10.2 Å². The zero-order valence-corrected chi connectivity index (χ0v) is 9.73. The summed E-state index contributed by atoms with van der Waals surface area (Å²) in [6.45, 7) is 1.40. The molecule has 4 nitrogen and oxygen atoms in total. The van der Waals surface area contributed by atoms with Crippen LogP contribution >= 0.6 is 0 Å². The molecule has 0 saturated heterocycles. The Bertz CT molecular complexity index is 374. The summed E-state index contributed by atoms with van der Waals surface area (Å²) in [5.74, 6) is -0.356. The molecular formula is C12H16N2O2. The van der Waals surface area contributed by atoms with E-state index in [0.29, 0.717) is 0 Å². The third-order valence-corrected chi connectivity index (χ3v) is 2.17. The average molecular weight is 220 g/mol. The number of hydrogen-bond acceptors (Lipinski definition) is 2. The van der Waals surface area contributed by atoms with Gasteiger partial charge in [-0.1, -0.05) is 30.3 Å². The summed E-state index contributed by atoms with van der Waals surface area (Å²) < 4.78 is 0. The number of carbonyl (C=O) groups excluding carboxylic acids is 2. The summed E-state index contributed by atoms with van der Waals surface area (Å²) in [5, 5.41) is 2.65. The van der Waals surface area contributed by atoms with Crippen molar-refractivity contribution in [3.05, 3.63) is 35.9 Å². The number of nitrogens with zero attached hydrogens (tertiary/aromatic N) is 1. The average Bonchev–Trinajstić information content (AvgIpc) is 2.26. The lowest BCUT2D eigenvalue weighted by molar-refractivity contribution is -0.134. The highest BCUT2D eigenvalue weighted by Gasteiger charge is 2.22. The number of likely N-dealkylation sites (N-methyl/N-ethyl adjacent to an activating group) is 1. The quantitative estimate of drug-likeness (QED) is 0.824. The van der Waals surface area contributed by atoms with Crippen LogP contribution in [0.2, 0.25) is 0 Å². The van der Waals surface area contributed by atoms with Crippen molar-refractivity contribution in [2.24, 2.45) is 0 Å². The van der Waals surface area contributed by atoms with Crippen molar-refractivity contribution in [2.75, 3.05) is 14.1 Å². The molecule has 1 aromatic rings. The van der Waals surface area contributed by atoms with Gasteiger partial charge in [-0.2, -0.15) is 0 Å². The number of hydrogen-bond donors (Lipinski definition) is 1. The van der Waals surface area contributed by atoms with Crippen LogP contribution < -0.4 is 5.32 Å². The lowest BCUT2D eigenvalue weighted by Gasteiger charge is -2.21. The van der Waals surface area contributed by atoms with Gasteiger partial charge in [0.15, 0.2) is 0 Å². The highest BCUT2D eigenvalue weighted by Crippen LogP contribution is 2.14. The highest BCUT2D eigenvalue weighted by molar-refractivity contribution is 5.87. The zero-order chi connectivity index (χ0) is 12.1. The van der Waals surface area contributed by atoms with Crippen molar-refractivity contribution in [3.8, 4) is 0 Å². The molecule has 1 rings (SSSR count). The van der Waals surface area contributed by atoms with Gasteiger partial charge in [0.05, 0.1) is 0 Å². The summed E-state index contributed by atoms with van der Waals surface area (Å²) in [7, 11) is 3.33. The SMILES string of the molecule is CC(=O)N[C@@H](C(=O)N(C)C)c1ccccc1. The topological polar surface area (TPSA) is 49.4 Å². The van der Waals surface area contributed by atoms with Crippen molar-refractivity contribution in [3.63, 3.8) is 0 Å². The molecule has 0 bridgehead atoms. The highest BCUT2D eigenvalue weighted by atomic mass is 16.2. The van der Waals surface area contributed by atoms with Gasteiger partial charge in [0.2, 0.25) is 11.8 Å². The molecule has 0 fully saturated rings. The van der Waals surface area contributed by atoms with E-state index in [1.807, 2.05) is 30.3 Å². The Labute approximate surface area is 95.3 Å². The van der Waals surface area contributed by atoms with E-state index in [9.17, 15) is 9.59 Å². The molecule has 0 aliphatic heterocycles. The predicted octanol–water partition coefficient (Wildman–Crippen LogP) is 0.952. The van der Waals surface area contributed by atoms with Crippen LogP contribution in [-0.4, -0.2) is 30.8 Å². The fourth-order valence-corrected chi connectivity index (χ4v) is 1.39. The Morgan fingerprint density at radius 1 is 1.19 bits per heavy atom. The van der Waals surface area contributed by atoms with Crippen LogP contribution in [0.15, 0.2) is 30.3 Å². The number of carbonyl (C=O) groups is 2. The Morgan fingerprint density at radius 2 is 1.75 bits per heavy atom.